The maximum absolute atomic E-state index is 10.9. The van der Waals surface area contributed by atoms with E-state index in [9.17, 15) is 10.2 Å². The Bertz CT molecular complexity index is 684. The molecule has 4 heteroatoms. The van der Waals surface area contributed by atoms with Gasteiger partial charge >= 0.3 is 0 Å². The maximum Gasteiger partial charge on any atom is 0.0935 e. The minimum absolute atomic E-state index is 0.614. The molecule has 2 heterocycles. The van der Waals surface area contributed by atoms with E-state index >= 15 is 0 Å². The highest BCUT2D eigenvalue weighted by Crippen LogP contribution is 2.32. The van der Waals surface area contributed by atoms with Gasteiger partial charge in [-0.05, 0) is 56.7 Å². The second kappa shape index (κ2) is 7.87. The zero-order valence-corrected chi connectivity index (χ0v) is 15.9. The lowest BCUT2D eigenvalue weighted by molar-refractivity contribution is -0.0279. The van der Waals surface area contributed by atoms with E-state index in [2.05, 4.69) is 34.1 Å². The number of hydrogen-bond donors (Lipinski definition) is 2. The molecule has 1 aromatic heterocycles. The first-order chi connectivity index (χ1) is 12.3. The Balaban J connectivity index is 1.52. The van der Waals surface area contributed by atoms with Crippen LogP contribution in [0.3, 0.4) is 0 Å². The molecule has 0 spiro atoms. The molecule has 0 radical (unpaired) electrons. The molecule has 2 aromatic rings. The van der Waals surface area contributed by atoms with Crippen molar-refractivity contribution >= 4 is 0 Å². The number of aliphatic hydroxyl groups is 2. The van der Waals surface area contributed by atoms with Gasteiger partial charge in [-0.25, -0.2) is 0 Å². The number of aryl methyl sites for hydroxylation is 1. The lowest BCUT2D eigenvalue weighted by Gasteiger charge is -2.38. The van der Waals surface area contributed by atoms with Gasteiger partial charge in [0.25, 0.3) is 0 Å². The Kier molecular flexibility index (Phi) is 5.76. The van der Waals surface area contributed by atoms with Crippen molar-refractivity contribution in [2.75, 3.05) is 13.1 Å². The molecular formula is C22H30N2O2. The Hall–Kier alpha value is -1.75. The van der Waals surface area contributed by atoms with Crippen molar-refractivity contribution in [1.29, 1.82) is 0 Å². The highest BCUT2D eigenvalue weighted by atomic mass is 16.3. The SMILES string of the molecule is CC(C)(O)CCc1ccc(CN2CCC(O)(c3cccnc3)CC2)cc1. The molecule has 0 bridgehead atoms. The van der Waals surface area contributed by atoms with Gasteiger partial charge in [0.2, 0.25) is 0 Å². The van der Waals surface area contributed by atoms with Crippen molar-refractivity contribution in [3.05, 3.63) is 65.5 Å². The Labute approximate surface area is 156 Å². The number of pyridine rings is 1. The van der Waals surface area contributed by atoms with Gasteiger partial charge in [0.1, 0.15) is 0 Å². The smallest absolute Gasteiger partial charge is 0.0935 e. The molecular weight excluding hydrogens is 324 g/mol. The van der Waals surface area contributed by atoms with Crippen molar-refractivity contribution in [2.24, 2.45) is 0 Å². The van der Waals surface area contributed by atoms with E-state index < -0.39 is 11.2 Å². The van der Waals surface area contributed by atoms with Crippen LogP contribution in [0.25, 0.3) is 0 Å². The fraction of sp³-hybridized carbons (Fsp3) is 0.500. The molecule has 1 aliphatic rings. The Morgan fingerprint density at radius 3 is 2.31 bits per heavy atom. The minimum atomic E-state index is -0.744. The van der Waals surface area contributed by atoms with Gasteiger partial charge in [-0.2, -0.15) is 0 Å². The van der Waals surface area contributed by atoms with Crippen molar-refractivity contribution in [1.82, 2.24) is 9.88 Å². The number of aromatic nitrogens is 1. The van der Waals surface area contributed by atoms with Crippen LogP contribution in [0.15, 0.2) is 48.8 Å². The molecule has 140 valence electrons. The molecule has 0 amide bonds. The third-order valence-electron chi connectivity index (χ3n) is 5.34. The average molecular weight is 354 g/mol. The van der Waals surface area contributed by atoms with Crippen LogP contribution in [0.1, 0.15) is 49.8 Å². The monoisotopic (exact) mass is 354 g/mol. The number of piperidine rings is 1. The van der Waals surface area contributed by atoms with Gasteiger partial charge in [-0.3, -0.25) is 9.88 Å². The van der Waals surface area contributed by atoms with Crippen molar-refractivity contribution in [3.8, 4) is 0 Å². The lowest BCUT2D eigenvalue weighted by atomic mass is 9.85. The van der Waals surface area contributed by atoms with Crippen LogP contribution >= 0.6 is 0 Å². The van der Waals surface area contributed by atoms with Crippen LogP contribution in [-0.2, 0) is 18.6 Å². The van der Waals surface area contributed by atoms with E-state index in [0.717, 1.165) is 50.9 Å². The van der Waals surface area contributed by atoms with E-state index in [0.29, 0.717) is 0 Å². The van der Waals surface area contributed by atoms with Gasteiger partial charge in [-0.15, -0.1) is 0 Å². The first-order valence-electron chi connectivity index (χ1n) is 9.50. The largest absolute Gasteiger partial charge is 0.390 e. The molecule has 0 atom stereocenters. The fourth-order valence-electron chi connectivity index (χ4n) is 3.53. The fourth-order valence-corrected chi connectivity index (χ4v) is 3.53. The molecule has 2 N–H and O–H groups in total. The van der Waals surface area contributed by atoms with Crippen LogP contribution < -0.4 is 0 Å². The summed E-state index contributed by atoms with van der Waals surface area (Å²) in [4.78, 5) is 6.54. The van der Waals surface area contributed by atoms with E-state index in [4.69, 9.17) is 0 Å². The molecule has 3 rings (SSSR count). The van der Waals surface area contributed by atoms with E-state index in [1.54, 1.807) is 12.4 Å². The summed E-state index contributed by atoms with van der Waals surface area (Å²) in [5, 5.41) is 20.7. The summed E-state index contributed by atoms with van der Waals surface area (Å²) >= 11 is 0. The van der Waals surface area contributed by atoms with Crippen LogP contribution in [0, 0.1) is 0 Å². The number of benzene rings is 1. The second-order valence-electron chi connectivity index (χ2n) is 8.18. The first-order valence-corrected chi connectivity index (χ1v) is 9.50. The van der Waals surface area contributed by atoms with Crippen LogP contribution in [0.4, 0.5) is 0 Å². The molecule has 1 fully saturated rings. The summed E-state index contributed by atoms with van der Waals surface area (Å²) < 4.78 is 0. The van der Waals surface area contributed by atoms with Crippen molar-refractivity contribution in [3.63, 3.8) is 0 Å². The maximum atomic E-state index is 10.9. The molecule has 1 aliphatic heterocycles. The number of hydrogen-bond acceptors (Lipinski definition) is 4. The topological polar surface area (TPSA) is 56.6 Å². The highest BCUT2D eigenvalue weighted by Gasteiger charge is 2.34. The van der Waals surface area contributed by atoms with Crippen molar-refractivity contribution < 1.29 is 10.2 Å². The van der Waals surface area contributed by atoms with Gasteiger partial charge in [0.15, 0.2) is 0 Å². The molecule has 26 heavy (non-hydrogen) atoms. The van der Waals surface area contributed by atoms with E-state index in [1.165, 1.54) is 11.1 Å². The zero-order valence-electron chi connectivity index (χ0n) is 15.9. The second-order valence-corrected chi connectivity index (χ2v) is 8.18. The molecule has 0 aliphatic carbocycles. The molecule has 1 saturated heterocycles. The summed E-state index contributed by atoms with van der Waals surface area (Å²) in [5.74, 6) is 0. The van der Waals surface area contributed by atoms with Gasteiger partial charge in [-0.1, -0.05) is 30.3 Å². The quantitative estimate of drug-likeness (QED) is 0.836. The van der Waals surface area contributed by atoms with Crippen LogP contribution in [0.5, 0.6) is 0 Å². The number of rotatable bonds is 6. The molecule has 4 nitrogen and oxygen atoms in total. The minimum Gasteiger partial charge on any atom is -0.390 e. The molecule has 0 unspecified atom stereocenters. The Morgan fingerprint density at radius 1 is 1.08 bits per heavy atom. The van der Waals surface area contributed by atoms with Crippen LogP contribution in [-0.4, -0.2) is 38.8 Å². The number of likely N-dealkylation sites (tertiary alicyclic amines) is 1. The van der Waals surface area contributed by atoms with E-state index in [-0.39, 0.29) is 0 Å². The summed E-state index contributed by atoms with van der Waals surface area (Å²) in [6.45, 7) is 6.38. The normalized spacial score (nSPS) is 18.0. The predicted octanol–water partition coefficient (Wildman–Crippen LogP) is 3.27. The molecule has 1 aromatic carbocycles. The summed E-state index contributed by atoms with van der Waals surface area (Å²) in [6, 6.07) is 12.5. The first kappa shape index (κ1) is 19.0. The summed E-state index contributed by atoms with van der Waals surface area (Å²) in [6.07, 6.45) is 6.66. The lowest BCUT2D eigenvalue weighted by Crippen LogP contribution is -2.42. The zero-order chi connectivity index (χ0) is 18.6. The van der Waals surface area contributed by atoms with Gasteiger partial charge in [0, 0.05) is 37.6 Å². The van der Waals surface area contributed by atoms with Gasteiger partial charge in [0.05, 0.1) is 11.2 Å². The average Bonchev–Trinajstić information content (AvgIpc) is 2.63. The summed E-state index contributed by atoms with van der Waals surface area (Å²) in [7, 11) is 0. The number of nitrogens with zero attached hydrogens (tertiary/aromatic N) is 2. The summed E-state index contributed by atoms with van der Waals surface area (Å²) in [5.41, 5.74) is 2.13. The van der Waals surface area contributed by atoms with E-state index in [1.807, 2.05) is 26.0 Å². The van der Waals surface area contributed by atoms with Gasteiger partial charge < -0.3 is 10.2 Å². The third kappa shape index (κ3) is 5.13. The highest BCUT2D eigenvalue weighted by molar-refractivity contribution is 5.23. The predicted molar refractivity (Wildman–Crippen MR) is 104 cm³/mol. The standard InChI is InChI=1S/C22H30N2O2/c1-21(2,25)10-9-18-5-7-19(8-6-18)17-24-14-11-22(26,12-15-24)20-4-3-13-23-16-20/h3-8,13,16,25-26H,9-12,14-15,17H2,1-2H3. The van der Waals surface area contributed by atoms with Crippen LogP contribution in [0.2, 0.25) is 0 Å². The molecule has 0 saturated carbocycles. The van der Waals surface area contributed by atoms with Crippen molar-refractivity contribution in [2.45, 2.75) is 57.3 Å². The Morgan fingerprint density at radius 2 is 1.73 bits per heavy atom. The third-order valence-corrected chi connectivity index (χ3v) is 5.34.